The highest BCUT2D eigenvalue weighted by Crippen LogP contribution is 2.31. The van der Waals surface area contributed by atoms with Crippen molar-refractivity contribution in [2.45, 2.75) is 0 Å². The van der Waals surface area contributed by atoms with E-state index in [9.17, 15) is 0 Å². The summed E-state index contributed by atoms with van der Waals surface area (Å²) in [6.07, 6.45) is 0. The second-order valence-electron chi connectivity index (χ2n) is 5.68. The van der Waals surface area contributed by atoms with Crippen LogP contribution in [0, 0.1) is 0 Å². The van der Waals surface area contributed by atoms with E-state index in [1.807, 2.05) is 48.5 Å². The summed E-state index contributed by atoms with van der Waals surface area (Å²) in [6, 6.07) is 22.3. The lowest BCUT2D eigenvalue weighted by Gasteiger charge is -2.05. The topological polar surface area (TPSA) is 22.2 Å². The van der Waals surface area contributed by atoms with E-state index in [-0.39, 0.29) is 0 Å². The standard InChI is InChI=1S/C19H11BrClN3/c20-12-8-9-17-18(10-12)24-16-7-2-1-6-15(16)22-19(24)23(17)14-5-3-4-13(21)11-14/h1-11H. The Morgan fingerprint density at radius 2 is 1.71 bits per heavy atom. The fourth-order valence-electron chi connectivity index (χ4n) is 3.24. The summed E-state index contributed by atoms with van der Waals surface area (Å²) >= 11 is 9.80. The Bertz CT molecular complexity index is 1240. The van der Waals surface area contributed by atoms with Crippen LogP contribution in [0.25, 0.3) is 33.5 Å². The minimum Gasteiger partial charge on any atom is -0.278 e. The van der Waals surface area contributed by atoms with Crippen molar-refractivity contribution in [2.75, 3.05) is 0 Å². The number of rotatable bonds is 1. The monoisotopic (exact) mass is 395 g/mol. The van der Waals surface area contributed by atoms with Gasteiger partial charge in [-0.3, -0.25) is 8.97 Å². The molecule has 0 aliphatic heterocycles. The van der Waals surface area contributed by atoms with Crippen molar-refractivity contribution in [3.8, 4) is 5.69 Å². The van der Waals surface area contributed by atoms with Gasteiger partial charge in [-0.25, -0.2) is 4.98 Å². The Morgan fingerprint density at radius 1 is 0.833 bits per heavy atom. The third-order valence-corrected chi connectivity index (χ3v) is 4.96. The Kier molecular flexibility index (Phi) is 2.99. The third kappa shape index (κ3) is 1.93. The lowest BCUT2D eigenvalue weighted by molar-refractivity contribution is 1.11. The molecule has 5 heteroatoms. The van der Waals surface area contributed by atoms with Gasteiger partial charge in [0.1, 0.15) is 0 Å². The summed E-state index contributed by atoms with van der Waals surface area (Å²) in [7, 11) is 0. The van der Waals surface area contributed by atoms with Gasteiger partial charge in [0, 0.05) is 9.50 Å². The molecule has 5 aromatic rings. The number of nitrogens with zero attached hydrogens (tertiary/aromatic N) is 3. The van der Waals surface area contributed by atoms with Crippen LogP contribution in [0.5, 0.6) is 0 Å². The first-order chi connectivity index (χ1) is 11.7. The summed E-state index contributed by atoms with van der Waals surface area (Å²) in [5.74, 6) is 0.881. The molecule has 0 radical (unpaired) electrons. The number of imidazole rings is 2. The minimum atomic E-state index is 0.709. The van der Waals surface area contributed by atoms with Gasteiger partial charge >= 0.3 is 0 Å². The maximum Gasteiger partial charge on any atom is 0.220 e. The van der Waals surface area contributed by atoms with E-state index < -0.39 is 0 Å². The molecule has 0 saturated heterocycles. The lowest BCUT2D eigenvalue weighted by Crippen LogP contribution is -1.94. The van der Waals surface area contributed by atoms with Crippen molar-refractivity contribution in [3.63, 3.8) is 0 Å². The van der Waals surface area contributed by atoms with Crippen LogP contribution in [0.2, 0.25) is 5.02 Å². The summed E-state index contributed by atoms with van der Waals surface area (Å²) in [5, 5.41) is 0.709. The molecule has 3 nitrogen and oxygen atoms in total. The maximum atomic E-state index is 6.22. The second kappa shape index (κ2) is 5.10. The van der Waals surface area contributed by atoms with Crippen molar-refractivity contribution in [1.29, 1.82) is 0 Å². The number of benzene rings is 3. The molecule has 0 amide bonds. The normalized spacial score (nSPS) is 11.8. The molecule has 2 aromatic heterocycles. The van der Waals surface area contributed by atoms with Crippen molar-refractivity contribution in [1.82, 2.24) is 14.0 Å². The summed E-state index contributed by atoms with van der Waals surface area (Å²) in [5.41, 5.74) is 5.27. The van der Waals surface area contributed by atoms with E-state index in [2.05, 4.69) is 43.1 Å². The van der Waals surface area contributed by atoms with Crippen LogP contribution in [0.15, 0.2) is 71.2 Å². The highest BCUT2D eigenvalue weighted by molar-refractivity contribution is 9.10. The van der Waals surface area contributed by atoms with Crippen molar-refractivity contribution in [2.24, 2.45) is 0 Å². The minimum absolute atomic E-state index is 0.709. The quantitative estimate of drug-likeness (QED) is 0.348. The molecule has 116 valence electrons. The fourth-order valence-corrected chi connectivity index (χ4v) is 3.78. The molecule has 0 aliphatic rings. The zero-order valence-corrected chi connectivity index (χ0v) is 14.8. The summed E-state index contributed by atoms with van der Waals surface area (Å²) in [6.45, 7) is 0. The van der Waals surface area contributed by atoms with Crippen LogP contribution >= 0.6 is 27.5 Å². The van der Waals surface area contributed by atoms with Crippen LogP contribution < -0.4 is 0 Å². The lowest BCUT2D eigenvalue weighted by atomic mass is 10.2. The van der Waals surface area contributed by atoms with Crippen LogP contribution in [-0.4, -0.2) is 14.0 Å². The molecule has 0 saturated carbocycles. The molecule has 0 unspecified atom stereocenters. The average molecular weight is 397 g/mol. The molecule has 2 heterocycles. The van der Waals surface area contributed by atoms with E-state index in [1.54, 1.807) is 0 Å². The van der Waals surface area contributed by atoms with Gasteiger partial charge in [-0.05, 0) is 48.5 Å². The number of para-hydroxylation sites is 2. The highest BCUT2D eigenvalue weighted by Gasteiger charge is 2.17. The van der Waals surface area contributed by atoms with E-state index in [1.165, 1.54) is 0 Å². The number of fused-ring (bicyclic) bond motifs is 5. The predicted octanol–water partition coefficient (Wildman–Crippen LogP) is 5.85. The Labute approximate surface area is 151 Å². The smallest absolute Gasteiger partial charge is 0.220 e. The second-order valence-corrected chi connectivity index (χ2v) is 7.04. The van der Waals surface area contributed by atoms with E-state index >= 15 is 0 Å². The summed E-state index contributed by atoms with van der Waals surface area (Å²) in [4.78, 5) is 4.86. The Balaban J connectivity index is 2.04. The zero-order valence-electron chi connectivity index (χ0n) is 12.4. The van der Waals surface area contributed by atoms with E-state index in [0.29, 0.717) is 5.02 Å². The van der Waals surface area contributed by atoms with Crippen LogP contribution in [0.4, 0.5) is 0 Å². The van der Waals surface area contributed by atoms with E-state index in [0.717, 1.165) is 38.0 Å². The molecule has 24 heavy (non-hydrogen) atoms. The molecule has 0 spiro atoms. The zero-order chi connectivity index (χ0) is 16.3. The molecule has 0 aliphatic carbocycles. The first kappa shape index (κ1) is 14.1. The molecule has 0 N–H and O–H groups in total. The molecular formula is C19H11BrClN3. The number of hydrogen-bond donors (Lipinski definition) is 0. The molecular weight excluding hydrogens is 386 g/mol. The number of halogens is 2. The number of aromatic nitrogens is 3. The van der Waals surface area contributed by atoms with Gasteiger partial charge < -0.3 is 0 Å². The van der Waals surface area contributed by atoms with Crippen molar-refractivity contribution < 1.29 is 0 Å². The molecule has 3 aromatic carbocycles. The van der Waals surface area contributed by atoms with Gasteiger partial charge in [-0.15, -0.1) is 0 Å². The fraction of sp³-hybridized carbons (Fsp3) is 0. The average Bonchev–Trinajstić information content (AvgIpc) is 3.09. The third-order valence-electron chi connectivity index (χ3n) is 4.23. The van der Waals surface area contributed by atoms with Crippen molar-refractivity contribution >= 4 is 55.4 Å². The van der Waals surface area contributed by atoms with Gasteiger partial charge in [0.05, 0.1) is 27.8 Å². The van der Waals surface area contributed by atoms with Crippen LogP contribution in [0.1, 0.15) is 0 Å². The van der Waals surface area contributed by atoms with Crippen LogP contribution in [0.3, 0.4) is 0 Å². The largest absolute Gasteiger partial charge is 0.278 e. The molecule has 0 atom stereocenters. The maximum absolute atomic E-state index is 6.22. The highest BCUT2D eigenvalue weighted by atomic mass is 79.9. The number of hydrogen-bond acceptors (Lipinski definition) is 1. The van der Waals surface area contributed by atoms with Crippen LogP contribution in [-0.2, 0) is 0 Å². The van der Waals surface area contributed by atoms with E-state index in [4.69, 9.17) is 16.6 Å². The molecule has 0 bridgehead atoms. The van der Waals surface area contributed by atoms with Crippen molar-refractivity contribution in [3.05, 3.63) is 76.2 Å². The molecule has 5 rings (SSSR count). The summed E-state index contributed by atoms with van der Waals surface area (Å²) < 4.78 is 5.38. The Hall–Kier alpha value is -2.30. The molecule has 0 fully saturated rings. The predicted molar refractivity (Wildman–Crippen MR) is 102 cm³/mol. The first-order valence-electron chi connectivity index (χ1n) is 7.55. The van der Waals surface area contributed by atoms with Gasteiger partial charge in [-0.1, -0.05) is 45.7 Å². The SMILES string of the molecule is Clc1cccc(-n2c3ccc(Br)cc3n3c4ccccc4nc23)c1. The first-order valence-corrected chi connectivity index (χ1v) is 8.72. The van der Waals surface area contributed by atoms with Gasteiger partial charge in [0.2, 0.25) is 5.78 Å². The van der Waals surface area contributed by atoms with Gasteiger partial charge in [0.15, 0.2) is 0 Å². The van der Waals surface area contributed by atoms with Gasteiger partial charge in [-0.2, -0.15) is 0 Å². The Morgan fingerprint density at radius 3 is 2.58 bits per heavy atom. The van der Waals surface area contributed by atoms with Gasteiger partial charge in [0.25, 0.3) is 0 Å².